The van der Waals surface area contributed by atoms with Gasteiger partial charge < -0.3 is 9.84 Å². The first-order chi connectivity index (χ1) is 9.99. The summed E-state index contributed by atoms with van der Waals surface area (Å²) in [6, 6.07) is 2.15. The van der Waals surface area contributed by atoms with Gasteiger partial charge in [-0.25, -0.2) is 9.78 Å². The molecule has 8 heteroatoms. The summed E-state index contributed by atoms with van der Waals surface area (Å²) in [5.74, 6) is 0. The van der Waals surface area contributed by atoms with Crippen molar-refractivity contribution in [2.45, 2.75) is 45.2 Å². The third-order valence-electron chi connectivity index (χ3n) is 3.09. The van der Waals surface area contributed by atoms with Crippen molar-refractivity contribution in [3.63, 3.8) is 0 Å². The van der Waals surface area contributed by atoms with E-state index in [1.54, 1.807) is 20.8 Å². The van der Waals surface area contributed by atoms with Crippen LogP contribution in [0.15, 0.2) is 12.1 Å². The minimum Gasteiger partial charge on any atom is -0.444 e. The van der Waals surface area contributed by atoms with Gasteiger partial charge in [0.25, 0.3) is 0 Å². The summed E-state index contributed by atoms with van der Waals surface area (Å²) in [5.41, 5.74) is -1.54. The van der Waals surface area contributed by atoms with E-state index in [1.165, 1.54) is 6.07 Å². The highest BCUT2D eigenvalue weighted by molar-refractivity contribution is 5.69. The van der Waals surface area contributed by atoms with Crippen molar-refractivity contribution in [3.05, 3.63) is 29.1 Å². The Morgan fingerprint density at radius 3 is 2.55 bits per heavy atom. The molecule has 0 bridgehead atoms. The average molecular weight is 318 g/mol. The first kappa shape index (κ1) is 16.5. The van der Waals surface area contributed by atoms with Crippen molar-refractivity contribution in [1.82, 2.24) is 9.88 Å². The van der Waals surface area contributed by atoms with Crippen LogP contribution in [0.2, 0.25) is 0 Å². The van der Waals surface area contributed by atoms with Gasteiger partial charge in [0, 0.05) is 6.54 Å². The van der Waals surface area contributed by atoms with Gasteiger partial charge >= 0.3 is 12.3 Å². The predicted molar refractivity (Wildman–Crippen MR) is 70.8 cm³/mol. The van der Waals surface area contributed by atoms with Crippen LogP contribution in [0.3, 0.4) is 0 Å². The van der Waals surface area contributed by atoms with Crippen molar-refractivity contribution >= 4 is 6.09 Å². The lowest BCUT2D eigenvalue weighted by atomic mass is 10.0. The molecule has 1 atom stereocenters. The lowest BCUT2D eigenvalue weighted by Crippen LogP contribution is -2.43. The number of aliphatic hydroxyl groups excluding tert-OH is 1. The second-order valence-corrected chi connectivity index (χ2v) is 6.04. The SMILES string of the molecule is CC(C)(C)OC(=O)N1CCc2ccc(C(F)(F)F)nc2C1O. The lowest BCUT2D eigenvalue weighted by Gasteiger charge is -2.34. The van der Waals surface area contributed by atoms with Gasteiger partial charge in [0.05, 0.1) is 5.69 Å². The Labute approximate surface area is 125 Å². The van der Waals surface area contributed by atoms with Crippen molar-refractivity contribution in [2.75, 3.05) is 6.54 Å². The van der Waals surface area contributed by atoms with Crippen LogP contribution in [0, 0.1) is 0 Å². The van der Waals surface area contributed by atoms with Crippen molar-refractivity contribution in [1.29, 1.82) is 0 Å². The maximum Gasteiger partial charge on any atom is 0.433 e. The summed E-state index contributed by atoms with van der Waals surface area (Å²) in [5, 5.41) is 10.2. The number of pyridine rings is 1. The minimum atomic E-state index is -4.61. The quantitative estimate of drug-likeness (QED) is 0.799. The van der Waals surface area contributed by atoms with E-state index in [9.17, 15) is 23.1 Å². The van der Waals surface area contributed by atoms with E-state index >= 15 is 0 Å². The number of aromatic nitrogens is 1. The number of halogens is 3. The number of rotatable bonds is 0. The monoisotopic (exact) mass is 318 g/mol. The Morgan fingerprint density at radius 1 is 1.36 bits per heavy atom. The molecule has 0 aromatic carbocycles. The molecule has 0 saturated carbocycles. The Balaban J connectivity index is 2.28. The summed E-state index contributed by atoms with van der Waals surface area (Å²) in [6.07, 6.45) is -6.65. The molecule has 0 fully saturated rings. The fourth-order valence-corrected chi connectivity index (χ4v) is 2.12. The smallest absolute Gasteiger partial charge is 0.433 e. The number of aliphatic hydroxyl groups is 1. The molecule has 2 rings (SSSR count). The first-order valence-corrected chi connectivity index (χ1v) is 6.74. The molecule has 0 radical (unpaired) electrons. The third-order valence-corrected chi connectivity index (χ3v) is 3.09. The number of carbonyl (C=O) groups excluding carboxylic acids is 1. The summed E-state index contributed by atoms with van der Waals surface area (Å²) >= 11 is 0. The molecular weight excluding hydrogens is 301 g/mol. The molecule has 0 aliphatic carbocycles. The first-order valence-electron chi connectivity index (χ1n) is 6.74. The minimum absolute atomic E-state index is 0.149. The van der Waals surface area contributed by atoms with E-state index in [2.05, 4.69) is 4.98 Å². The standard InChI is InChI=1S/C14H17F3N2O3/c1-13(2,3)22-12(21)19-7-6-8-4-5-9(14(15,16)17)18-10(8)11(19)20/h4-5,11,20H,6-7H2,1-3H3. The average Bonchev–Trinajstić information content (AvgIpc) is 2.35. The largest absolute Gasteiger partial charge is 0.444 e. The second-order valence-electron chi connectivity index (χ2n) is 6.04. The van der Waals surface area contributed by atoms with Crippen LogP contribution in [0.1, 0.15) is 44.0 Å². The summed E-state index contributed by atoms with van der Waals surface area (Å²) in [6.45, 7) is 5.13. The zero-order valence-electron chi connectivity index (χ0n) is 12.4. The maximum atomic E-state index is 12.7. The molecule has 22 heavy (non-hydrogen) atoms. The maximum absolute atomic E-state index is 12.7. The van der Waals surface area contributed by atoms with E-state index in [0.717, 1.165) is 11.0 Å². The molecular formula is C14H17F3N2O3. The fourth-order valence-electron chi connectivity index (χ4n) is 2.12. The van der Waals surface area contributed by atoms with Crippen LogP contribution in [0.5, 0.6) is 0 Å². The van der Waals surface area contributed by atoms with Gasteiger partial charge in [-0.05, 0) is 38.8 Å². The van der Waals surface area contributed by atoms with Gasteiger partial charge in [-0.1, -0.05) is 6.07 Å². The molecule has 1 aromatic heterocycles. The number of amides is 1. The zero-order valence-corrected chi connectivity index (χ0v) is 12.4. The van der Waals surface area contributed by atoms with Crippen molar-refractivity contribution in [2.24, 2.45) is 0 Å². The van der Waals surface area contributed by atoms with Crippen molar-refractivity contribution < 1.29 is 27.8 Å². The van der Waals surface area contributed by atoms with Crippen LogP contribution >= 0.6 is 0 Å². The van der Waals surface area contributed by atoms with Gasteiger partial charge in [0.15, 0.2) is 6.23 Å². The number of nitrogens with zero attached hydrogens (tertiary/aromatic N) is 2. The zero-order chi connectivity index (χ0) is 16.7. The van der Waals surface area contributed by atoms with Gasteiger partial charge in [-0.2, -0.15) is 13.2 Å². The van der Waals surface area contributed by atoms with Crippen LogP contribution in [-0.4, -0.2) is 33.2 Å². The Bertz CT molecular complexity index is 582. The number of fused-ring (bicyclic) bond motifs is 1. The number of carbonyl (C=O) groups is 1. The fraction of sp³-hybridized carbons (Fsp3) is 0.571. The molecule has 1 aromatic rings. The van der Waals surface area contributed by atoms with Crippen LogP contribution in [0.25, 0.3) is 0 Å². The Morgan fingerprint density at radius 2 is 2.00 bits per heavy atom. The van der Waals surface area contributed by atoms with Crippen LogP contribution in [0.4, 0.5) is 18.0 Å². The Kier molecular flexibility index (Phi) is 4.08. The van der Waals surface area contributed by atoms with Gasteiger partial charge in [0.1, 0.15) is 11.3 Å². The van der Waals surface area contributed by atoms with E-state index < -0.39 is 29.8 Å². The molecule has 1 aliphatic rings. The molecule has 2 heterocycles. The van der Waals surface area contributed by atoms with E-state index in [1.807, 2.05) is 0 Å². The molecule has 1 amide bonds. The van der Waals surface area contributed by atoms with Crippen LogP contribution < -0.4 is 0 Å². The highest BCUT2D eigenvalue weighted by Gasteiger charge is 2.37. The van der Waals surface area contributed by atoms with E-state index in [-0.39, 0.29) is 12.2 Å². The molecule has 1 aliphatic heterocycles. The topological polar surface area (TPSA) is 62.7 Å². The molecule has 0 spiro atoms. The normalized spacial score (nSPS) is 18.9. The summed E-state index contributed by atoms with van der Waals surface area (Å²) < 4.78 is 43.3. The summed E-state index contributed by atoms with van der Waals surface area (Å²) in [4.78, 5) is 16.5. The highest BCUT2D eigenvalue weighted by Crippen LogP contribution is 2.33. The highest BCUT2D eigenvalue weighted by atomic mass is 19.4. The van der Waals surface area contributed by atoms with Gasteiger partial charge in [0.2, 0.25) is 0 Å². The van der Waals surface area contributed by atoms with Gasteiger partial charge in [-0.15, -0.1) is 0 Å². The molecule has 0 saturated heterocycles. The number of ether oxygens (including phenoxy) is 1. The van der Waals surface area contributed by atoms with Crippen LogP contribution in [-0.2, 0) is 17.3 Å². The lowest BCUT2D eigenvalue weighted by molar-refractivity contribution is -0.141. The summed E-state index contributed by atoms with van der Waals surface area (Å²) in [7, 11) is 0. The molecule has 5 nitrogen and oxygen atoms in total. The molecule has 122 valence electrons. The second kappa shape index (κ2) is 5.42. The third kappa shape index (κ3) is 3.49. The number of hydrogen-bond acceptors (Lipinski definition) is 4. The van der Waals surface area contributed by atoms with Crippen molar-refractivity contribution in [3.8, 4) is 0 Å². The van der Waals surface area contributed by atoms with E-state index in [0.29, 0.717) is 12.0 Å². The molecule has 1 N–H and O–H groups in total. The number of hydrogen-bond donors (Lipinski definition) is 1. The predicted octanol–water partition coefficient (Wildman–Crippen LogP) is 2.88. The Hall–Kier alpha value is -1.83. The number of alkyl halides is 3. The van der Waals surface area contributed by atoms with E-state index in [4.69, 9.17) is 4.74 Å². The molecule has 1 unspecified atom stereocenters. The van der Waals surface area contributed by atoms with Gasteiger partial charge in [-0.3, -0.25) is 4.90 Å².